The maximum Gasteiger partial charge on any atom is 0.237 e. The Balaban J connectivity index is 2.28. The van der Waals surface area contributed by atoms with Gasteiger partial charge in [-0.1, -0.05) is 11.6 Å². The quantitative estimate of drug-likeness (QED) is 0.673. The first-order valence-electron chi connectivity index (χ1n) is 8.35. The second kappa shape index (κ2) is 9.62. The van der Waals surface area contributed by atoms with E-state index in [4.69, 9.17) is 0 Å². The number of likely N-dealkylation sites (N-methyl/N-ethyl adjacent to an activating group) is 1. The molecule has 0 aromatic rings. The minimum atomic E-state index is -0.307. The highest BCUT2D eigenvalue weighted by Gasteiger charge is 2.20. The van der Waals surface area contributed by atoms with Gasteiger partial charge < -0.3 is 10.6 Å². The summed E-state index contributed by atoms with van der Waals surface area (Å²) in [6.07, 6.45) is 8.14. The standard InChI is InChI=1S/C17H31N3O2/c1-13(2)19-16(21)12-20(4)14(3)17(22)18-11-10-15-8-6-5-7-9-15/h8,13-14H,5-7,9-12H2,1-4H3,(H,18,22)(H,19,21)/t14-/m1/s1. The number of hydrogen-bond donors (Lipinski definition) is 2. The molecule has 0 aromatic carbocycles. The molecule has 0 saturated carbocycles. The van der Waals surface area contributed by atoms with Crippen LogP contribution in [0, 0.1) is 0 Å². The van der Waals surface area contributed by atoms with Gasteiger partial charge in [0, 0.05) is 12.6 Å². The lowest BCUT2D eigenvalue weighted by Gasteiger charge is -2.24. The molecule has 1 rings (SSSR count). The van der Waals surface area contributed by atoms with Crippen LogP contribution in [0.3, 0.4) is 0 Å². The fourth-order valence-corrected chi connectivity index (χ4v) is 2.56. The molecule has 2 amide bonds. The van der Waals surface area contributed by atoms with Crippen molar-refractivity contribution in [3.63, 3.8) is 0 Å². The highest BCUT2D eigenvalue weighted by atomic mass is 16.2. The van der Waals surface area contributed by atoms with E-state index < -0.39 is 0 Å². The van der Waals surface area contributed by atoms with Gasteiger partial charge in [-0.3, -0.25) is 14.5 Å². The molecule has 5 heteroatoms. The van der Waals surface area contributed by atoms with Crippen LogP contribution >= 0.6 is 0 Å². The predicted molar refractivity (Wildman–Crippen MR) is 89.5 cm³/mol. The van der Waals surface area contributed by atoms with E-state index in [0.29, 0.717) is 6.54 Å². The number of amides is 2. The summed E-state index contributed by atoms with van der Waals surface area (Å²) in [5.41, 5.74) is 1.46. The topological polar surface area (TPSA) is 61.4 Å². The first-order chi connectivity index (χ1) is 10.4. The van der Waals surface area contributed by atoms with E-state index in [1.54, 1.807) is 11.9 Å². The van der Waals surface area contributed by atoms with Crippen molar-refractivity contribution in [3.8, 4) is 0 Å². The van der Waals surface area contributed by atoms with Gasteiger partial charge >= 0.3 is 0 Å². The molecule has 1 aliphatic carbocycles. The first kappa shape index (κ1) is 18.7. The average Bonchev–Trinajstić information content (AvgIpc) is 2.46. The summed E-state index contributed by atoms with van der Waals surface area (Å²) < 4.78 is 0. The molecular weight excluding hydrogens is 278 g/mol. The molecule has 0 bridgehead atoms. The van der Waals surface area contributed by atoms with Gasteiger partial charge in [-0.05, 0) is 59.9 Å². The van der Waals surface area contributed by atoms with E-state index in [0.717, 1.165) is 6.42 Å². The Hall–Kier alpha value is -1.36. The largest absolute Gasteiger partial charge is 0.354 e. The summed E-state index contributed by atoms with van der Waals surface area (Å²) in [7, 11) is 1.80. The third-order valence-corrected chi connectivity index (χ3v) is 4.01. The van der Waals surface area contributed by atoms with E-state index >= 15 is 0 Å². The van der Waals surface area contributed by atoms with E-state index in [2.05, 4.69) is 16.7 Å². The minimum Gasteiger partial charge on any atom is -0.354 e. The van der Waals surface area contributed by atoms with Crippen molar-refractivity contribution in [2.24, 2.45) is 0 Å². The lowest BCUT2D eigenvalue weighted by atomic mass is 9.97. The Morgan fingerprint density at radius 2 is 2.00 bits per heavy atom. The van der Waals surface area contributed by atoms with Crippen LogP contribution in [0.15, 0.2) is 11.6 Å². The Morgan fingerprint density at radius 3 is 2.59 bits per heavy atom. The van der Waals surface area contributed by atoms with Crippen LogP contribution < -0.4 is 10.6 Å². The number of nitrogens with one attached hydrogen (secondary N) is 2. The zero-order valence-corrected chi connectivity index (χ0v) is 14.4. The second-order valence-electron chi connectivity index (χ2n) is 6.46. The number of hydrogen-bond acceptors (Lipinski definition) is 3. The third-order valence-electron chi connectivity index (χ3n) is 4.01. The molecule has 2 N–H and O–H groups in total. The normalized spacial score (nSPS) is 16.4. The molecule has 22 heavy (non-hydrogen) atoms. The van der Waals surface area contributed by atoms with Gasteiger partial charge in [0.25, 0.3) is 0 Å². The highest BCUT2D eigenvalue weighted by Crippen LogP contribution is 2.19. The Morgan fingerprint density at radius 1 is 1.27 bits per heavy atom. The van der Waals surface area contributed by atoms with E-state index in [9.17, 15) is 9.59 Å². The Bertz CT molecular complexity index is 405. The molecule has 0 aromatic heterocycles. The van der Waals surface area contributed by atoms with Crippen LogP contribution in [0.1, 0.15) is 52.9 Å². The SMILES string of the molecule is CC(C)NC(=O)CN(C)[C@H](C)C(=O)NCCC1=CCCCC1. The minimum absolute atomic E-state index is 0.0174. The molecule has 0 fully saturated rings. The van der Waals surface area contributed by atoms with Gasteiger partial charge in [-0.25, -0.2) is 0 Å². The molecule has 0 unspecified atom stereocenters. The van der Waals surface area contributed by atoms with Crippen LogP contribution in [0.25, 0.3) is 0 Å². The molecular formula is C17H31N3O2. The molecule has 1 aliphatic rings. The molecule has 0 radical (unpaired) electrons. The van der Waals surface area contributed by atoms with E-state index in [1.165, 1.54) is 31.3 Å². The summed E-state index contributed by atoms with van der Waals surface area (Å²) in [6.45, 7) is 6.60. The van der Waals surface area contributed by atoms with E-state index in [-0.39, 0.29) is 30.4 Å². The number of nitrogens with zero attached hydrogens (tertiary/aromatic N) is 1. The smallest absolute Gasteiger partial charge is 0.237 e. The van der Waals surface area contributed by atoms with Crippen LogP contribution in [0.2, 0.25) is 0 Å². The average molecular weight is 309 g/mol. The van der Waals surface area contributed by atoms with Gasteiger partial charge in [0.2, 0.25) is 11.8 Å². The molecule has 0 aliphatic heterocycles. The molecule has 5 nitrogen and oxygen atoms in total. The summed E-state index contributed by atoms with van der Waals surface area (Å²) in [5.74, 6) is -0.0687. The van der Waals surface area contributed by atoms with Crippen molar-refractivity contribution < 1.29 is 9.59 Å². The maximum atomic E-state index is 12.1. The zero-order valence-electron chi connectivity index (χ0n) is 14.4. The van der Waals surface area contributed by atoms with Crippen molar-refractivity contribution >= 4 is 11.8 Å². The van der Waals surface area contributed by atoms with Gasteiger partial charge in [0.05, 0.1) is 12.6 Å². The van der Waals surface area contributed by atoms with Gasteiger partial charge in [-0.15, -0.1) is 0 Å². The van der Waals surface area contributed by atoms with Crippen molar-refractivity contribution in [2.45, 2.75) is 65.0 Å². The summed E-state index contributed by atoms with van der Waals surface area (Å²) in [6, 6.07) is -0.188. The Kier molecular flexibility index (Phi) is 8.17. The second-order valence-corrected chi connectivity index (χ2v) is 6.46. The van der Waals surface area contributed by atoms with Crippen molar-refractivity contribution in [1.82, 2.24) is 15.5 Å². The number of carbonyl (C=O) groups excluding carboxylic acids is 2. The lowest BCUT2D eigenvalue weighted by molar-refractivity contribution is -0.127. The first-order valence-corrected chi connectivity index (χ1v) is 8.35. The predicted octanol–water partition coefficient (Wildman–Crippen LogP) is 1.84. The summed E-state index contributed by atoms with van der Waals surface area (Å²) in [4.78, 5) is 25.6. The molecule has 0 spiro atoms. The van der Waals surface area contributed by atoms with Gasteiger partial charge in [0.1, 0.15) is 0 Å². The summed E-state index contributed by atoms with van der Waals surface area (Å²) in [5, 5.41) is 5.81. The number of carbonyl (C=O) groups is 2. The molecule has 0 heterocycles. The van der Waals surface area contributed by atoms with Gasteiger partial charge in [-0.2, -0.15) is 0 Å². The fraction of sp³-hybridized carbons (Fsp3) is 0.765. The van der Waals surface area contributed by atoms with Crippen LogP contribution in [0.4, 0.5) is 0 Å². The van der Waals surface area contributed by atoms with Crippen LogP contribution in [-0.4, -0.2) is 48.9 Å². The molecule has 126 valence electrons. The zero-order chi connectivity index (χ0) is 16.5. The summed E-state index contributed by atoms with van der Waals surface area (Å²) >= 11 is 0. The van der Waals surface area contributed by atoms with Crippen LogP contribution in [-0.2, 0) is 9.59 Å². The van der Waals surface area contributed by atoms with Crippen LogP contribution in [0.5, 0.6) is 0 Å². The highest BCUT2D eigenvalue weighted by molar-refractivity contribution is 5.83. The third kappa shape index (κ3) is 7.07. The lowest BCUT2D eigenvalue weighted by Crippen LogP contribution is -2.48. The van der Waals surface area contributed by atoms with Crippen molar-refractivity contribution in [2.75, 3.05) is 20.1 Å². The monoisotopic (exact) mass is 309 g/mol. The van der Waals surface area contributed by atoms with Crippen molar-refractivity contribution in [3.05, 3.63) is 11.6 Å². The fourth-order valence-electron chi connectivity index (χ4n) is 2.56. The maximum absolute atomic E-state index is 12.1. The van der Waals surface area contributed by atoms with E-state index in [1.807, 2.05) is 20.8 Å². The van der Waals surface area contributed by atoms with Crippen molar-refractivity contribution in [1.29, 1.82) is 0 Å². The molecule has 1 atom stereocenters. The molecule has 0 saturated heterocycles. The van der Waals surface area contributed by atoms with Gasteiger partial charge in [0.15, 0.2) is 0 Å². The Labute approximate surface area is 134 Å². The number of allylic oxidation sites excluding steroid dienone is 1. The number of rotatable bonds is 8.